The molecular weight excluding hydrogens is 575 g/mol. The van der Waals surface area contributed by atoms with Crippen LogP contribution in [0.2, 0.25) is 0 Å². The molecule has 0 saturated heterocycles. The second-order valence-corrected chi connectivity index (χ2v) is 8.71. The number of carbonyl (C=O) groups is 3. The molecule has 0 aliphatic rings. The van der Waals surface area contributed by atoms with Crippen molar-refractivity contribution in [1.29, 1.82) is 5.41 Å². The highest BCUT2D eigenvalue weighted by Crippen LogP contribution is 2.33. The van der Waals surface area contributed by atoms with Gasteiger partial charge in [-0.1, -0.05) is 6.07 Å². The van der Waals surface area contributed by atoms with Crippen LogP contribution in [0.25, 0.3) is 0 Å². The Balaban J connectivity index is 0.000000821. The average Bonchev–Trinajstić information content (AvgIpc) is 2.96. The molecule has 0 radical (unpaired) electrons. The third kappa shape index (κ3) is 10.8. The minimum Gasteiger partial charge on any atom is -0.490 e. The van der Waals surface area contributed by atoms with Gasteiger partial charge in [-0.2, -0.15) is 13.2 Å². The molecule has 3 aromatic rings. The molecule has 0 bridgehead atoms. The van der Waals surface area contributed by atoms with E-state index in [0.717, 1.165) is 0 Å². The number of nitrogens with one attached hydrogen (secondary N) is 4. The molecule has 1 aromatic heterocycles. The fraction of sp³-hybridized carbons (Fsp3) is 0.259. The zero-order chi connectivity index (χ0) is 32.2. The van der Waals surface area contributed by atoms with Crippen molar-refractivity contribution in [3.05, 3.63) is 77.9 Å². The Hall–Kier alpha value is -5.41. The summed E-state index contributed by atoms with van der Waals surface area (Å²) in [6, 6.07) is 11.0. The summed E-state index contributed by atoms with van der Waals surface area (Å²) >= 11 is 0. The molecule has 3 rings (SSSR count). The fourth-order valence-corrected chi connectivity index (χ4v) is 3.21. The number of hydrazine groups is 1. The lowest BCUT2D eigenvalue weighted by molar-refractivity contribution is -0.192. The van der Waals surface area contributed by atoms with Gasteiger partial charge in [0.1, 0.15) is 17.6 Å². The molecule has 0 aliphatic carbocycles. The number of aliphatic carboxylic acids is 1. The van der Waals surface area contributed by atoms with Gasteiger partial charge in [0.15, 0.2) is 11.5 Å². The first-order valence-corrected chi connectivity index (χ1v) is 12.5. The van der Waals surface area contributed by atoms with E-state index in [1.807, 2.05) is 20.8 Å². The van der Waals surface area contributed by atoms with Crippen LogP contribution in [-0.4, -0.2) is 57.6 Å². The summed E-state index contributed by atoms with van der Waals surface area (Å²) in [6.07, 6.45) is -1.05. The van der Waals surface area contributed by atoms with Gasteiger partial charge in [0.25, 0.3) is 11.8 Å². The number of hydrogen-bond acceptors (Lipinski definition) is 9. The topological polar surface area (TPSA) is 202 Å². The molecule has 1 unspecified atom stereocenters. The summed E-state index contributed by atoms with van der Waals surface area (Å²) in [7, 11) is 0. The van der Waals surface area contributed by atoms with Crippen molar-refractivity contribution in [1.82, 2.24) is 20.8 Å². The summed E-state index contributed by atoms with van der Waals surface area (Å²) in [5.74, 6) is -2.94. The lowest BCUT2D eigenvalue weighted by atomic mass is 10.0. The Morgan fingerprint density at radius 2 is 1.70 bits per heavy atom. The minimum absolute atomic E-state index is 0.0518. The Kier molecular flexibility index (Phi) is 12.2. The van der Waals surface area contributed by atoms with Crippen LogP contribution in [0, 0.1) is 5.41 Å². The van der Waals surface area contributed by atoms with Crippen LogP contribution < -0.4 is 31.4 Å². The number of carbonyl (C=O) groups excluding carboxylic acids is 2. The normalized spacial score (nSPS) is 11.3. The van der Waals surface area contributed by atoms with Crippen LogP contribution in [0.5, 0.6) is 11.5 Å². The molecule has 2 amide bonds. The van der Waals surface area contributed by atoms with Gasteiger partial charge >= 0.3 is 12.1 Å². The highest BCUT2D eigenvalue weighted by Gasteiger charge is 2.38. The maximum atomic E-state index is 13.2. The van der Waals surface area contributed by atoms with E-state index in [2.05, 4.69) is 26.1 Å². The Bertz CT molecular complexity index is 1400. The SMILES string of the molecule is CCOc1cc(C(Nc2ccc(C(=N)N)cc2)C(=O)NNC(=O)c2cnccn2)ccc1OC(C)C.O=C(O)C(F)(F)F. The Labute approximate surface area is 244 Å². The number of rotatable bonds is 10. The van der Waals surface area contributed by atoms with Crippen LogP contribution in [0.4, 0.5) is 18.9 Å². The number of nitrogens with two attached hydrogens (primary N) is 1. The number of ether oxygens (including phenoxy) is 2. The van der Waals surface area contributed by atoms with Crippen LogP contribution in [0.3, 0.4) is 0 Å². The molecule has 7 N–H and O–H groups in total. The highest BCUT2D eigenvalue weighted by molar-refractivity contribution is 5.96. The number of anilines is 1. The second-order valence-electron chi connectivity index (χ2n) is 8.71. The number of carboxylic acids is 1. The summed E-state index contributed by atoms with van der Waals surface area (Å²) < 4.78 is 43.3. The van der Waals surface area contributed by atoms with Crippen LogP contribution in [0.1, 0.15) is 48.4 Å². The number of nitrogen functional groups attached to an aromatic ring is 1. The van der Waals surface area contributed by atoms with E-state index in [1.165, 1.54) is 18.6 Å². The summed E-state index contributed by atoms with van der Waals surface area (Å²) in [4.78, 5) is 42.2. The quantitative estimate of drug-likeness (QED) is 0.113. The van der Waals surface area contributed by atoms with Crippen LogP contribution >= 0.6 is 0 Å². The summed E-state index contributed by atoms with van der Waals surface area (Å²) in [5.41, 5.74) is 12.1. The van der Waals surface area contributed by atoms with Gasteiger partial charge in [0.05, 0.1) is 18.9 Å². The largest absolute Gasteiger partial charge is 0.490 e. The third-order valence-corrected chi connectivity index (χ3v) is 5.07. The highest BCUT2D eigenvalue weighted by atomic mass is 19.4. The van der Waals surface area contributed by atoms with E-state index >= 15 is 0 Å². The van der Waals surface area contributed by atoms with Gasteiger partial charge < -0.3 is 25.6 Å². The number of amides is 2. The van der Waals surface area contributed by atoms with Crippen molar-refractivity contribution >= 4 is 29.3 Å². The Morgan fingerprint density at radius 3 is 2.21 bits per heavy atom. The summed E-state index contributed by atoms with van der Waals surface area (Å²) in [5, 5.41) is 17.8. The van der Waals surface area contributed by atoms with E-state index < -0.39 is 30.0 Å². The van der Waals surface area contributed by atoms with Gasteiger partial charge in [-0.25, -0.2) is 9.78 Å². The molecule has 0 saturated carbocycles. The monoisotopic (exact) mass is 605 g/mol. The molecule has 13 nitrogen and oxygen atoms in total. The standard InChI is InChI=1S/C25H29N7O4.C2HF3O2/c1-4-35-21-13-17(7-10-20(21)36-15(2)3)22(30-18-8-5-16(6-9-18)23(26)27)25(34)32-31-24(33)19-14-28-11-12-29-19;3-2(4,5)1(6)7/h5-15,22,30H,4H2,1-3H3,(H3,26,27)(H,31,33)(H,32,34);(H,6,7). The molecule has 230 valence electrons. The number of benzene rings is 2. The number of alkyl halides is 3. The molecule has 16 heteroatoms. The minimum atomic E-state index is -5.08. The number of halogens is 3. The zero-order valence-electron chi connectivity index (χ0n) is 23.2. The fourth-order valence-electron chi connectivity index (χ4n) is 3.21. The third-order valence-electron chi connectivity index (χ3n) is 5.07. The van der Waals surface area contributed by atoms with Crippen molar-refractivity contribution in [2.45, 2.75) is 39.1 Å². The van der Waals surface area contributed by atoms with Crippen LogP contribution in [-0.2, 0) is 9.59 Å². The first kappa shape index (κ1) is 33.8. The molecule has 2 aromatic carbocycles. The van der Waals surface area contributed by atoms with Gasteiger partial charge in [0, 0.05) is 23.6 Å². The van der Waals surface area contributed by atoms with E-state index in [-0.39, 0.29) is 17.6 Å². The molecule has 0 spiro atoms. The molecule has 43 heavy (non-hydrogen) atoms. The van der Waals surface area contributed by atoms with E-state index in [9.17, 15) is 22.8 Å². The second kappa shape index (κ2) is 15.6. The predicted molar refractivity (Wildman–Crippen MR) is 149 cm³/mol. The molecule has 0 aliphatic heterocycles. The van der Waals surface area contributed by atoms with Gasteiger partial charge in [-0.3, -0.25) is 30.8 Å². The van der Waals surface area contributed by atoms with E-state index in [1.54, 1.807) is 42.5 Å². The van der Waals surface area contributed by atoms with Gasteiger partial charge in [0.2, 0.25) is 0 Å². The lowest BCUT2D eigenvalue weighted by Gasteiger charge is -2.22. The number of nitrogens with zero attached hydrogens (tertiary/aromatic N) is 2. The van der Waals surface area contributed by atoms with Crippen molar-refractivity contribution < 1.29 is 42.1 Å². The van der Waals surface area contributed by atoms with Gasteiger partial charge in [-0.15, -0.1) is 0 Å². The lowest BCUT2D eigenvalue weighted by Crippen LogP contribution is -2.45. The van der Waals surface area contributed by atoms with Gasteiger partial charge in [-0.05, 0) is 62.7 Å². The number of hydrogen-bond donors (Lipinski definition) is 6. The number of carboxylic acid groups (broad SMARTS) is 1. The van der Waals surface area contributed by atoms with E-state index in [0.29, 0.717) is 34.9 Å². The molecule has 1 heterocycles. The first-order valence-electron chi connectivity index (χ1n) is 12.5. The maximum absolute atomic E-state index is 13.2. The molecule has 1 atom stereocenters. The van der Waals surface area contributed by atoms with E-state index in [4.69, 9.17) is 30.5 Å². The smallest absolute Gasteiger partial charge is 0.490 e. The molecular formula is C27H30F3N7O6. The predicted octanol–water partition coefficient (Wildman–Crippen LogP) is 3.19. The van der Waals surface area contributed by atoms with Crippen molar-refractivity contribution in [3.8, 4) is 11.5 Å². The average molecular weight is 606 g/mol. The van der Waals surface area contributed by atoms with Crippen LogP contribution in [0.15, 0.2) is 61.1 Å². The first-order chi connectivity index (χ1) is 20.2. The Morgan fingerprint density at radius 1 is 1.05 bits per heavy atom. The number of amidine groups is 1. The summed E-state index contributed by atoms with van der Waals surface area (Å²) in [6.45, 7) is 6.08. The number of aromatic nitrogens is 2. The van der Waals surface area contributed by atoms with Crippen molar-refractivity contribution in [2.24, 2.45) is 5.73 Å². The van der Waals surface area contributed by atoms with Crippen molar-refractivity contribution in [3.63, 3.8) is 0 Å². The molecule has 0 fully saturated rings. The zero-order valence-corrected chi connectivity index (χ0v) is 23.2. The maximum Gasteiger partial charge on any atom is 0.490 e. The van der Waals surface area contributed by atoms with Crippen molar-refractivity contribution in [2.75, 3.05) is 11.9 Å².